The predicted molar refractivity (Wildman–Crippen MR) is 111 cm³/mol. The molecule has 4 rings (SSSR count). The number of nitrogens with zero attached hydrogens (tertiary/aromatic N) is 2. The van der Waals surface area contributed by atoms with Gasteiger partial charge in [0.25, 0.3) is 0 Å². The highest BCUT2D eigenvalue weighted by Gasteiger charge is 2.18. The number of carbonyl (C=O) groups is 1. The van der Waals surface area contributed by atoms with Gasteiger partial charge >= 0.3 is 0 Å². The number of benzene rings is 2. The number of hydrogen-bond donors (Lipinski definition) is 2. The molecule has 2 heterocycles. The molecular formula is C23H20FN3O2. The van der Waals surface area contributed by atoms with Crippen molar-refractivity contribution in [1.29, 1.82) is 0 Å². The van der Waals surface area contributed by atoms with Crippen LogP contribution in [0.15, 0.2) is 60.8 Å². The number of fused-ring (bicyclic) bond motifs is 1. The van der Waals surface area contributed by atoms with E-state index in [2.05, 4.69) is 10.3 Å². The summed E-state index contributed by atoms with van der Waals surface area (Å²) >= 11 is 0. The van der Waals surface area contributed by atoms with Gasteiger partial charge in [-0.2, -0.15) is 0 Å². The third-order valence-corrected chi connectivity index (χ3v) is 4.75. The Hall–Kier alpha value is -3.67. The first-order valence-corrected chi connectivity index (χ1v) is 9.24. The van der Waals surface area contributed by atoms with Crippen LogP contribution in [0.25, 0.3) is 16.9 Å². The van der Waals surface area contributed by atoms with Gasteiger partial charge in [0, 0.05) is 23.5 Å². The maximum atomic E-state index is 13.7. The lowest BCUT2D eigenvalue weighted by atomic mass is 10.1. The number of amides is 1. The van der Waals surface area contributed by atoms with Crippen LogP contribution in [0.2, 0.25) is 0 Å². The molecular weight excluding hydrogens is 369 g/mol. The number of hydrogen-bond acceptors (Lipinski definition) is 3. The van der Waals surface area contributed by atoms with E-state index >= 15 is 0 Å². The zero-order valence-corrected chi connectivity index (χ0v) is 16.1. The molecule has 0 aliphatic heterocycles. The molecule has 2 aromatic heterocycles. The van der Waals surface area contributed by atoms with Crippen LogP contribution in [-0.4, -0.2) is 20.4 Å². The number of aromatic nitrogens is 2. The Bertz CT molecular complexity index is 1230. The number of rotatable bonds is 4. The number of nitrogens with one attached hydrogen (secondary N) is 1. The van der Waals surface area contributed by atoms with Gasteiger partial charge in [-0.3, -0.25) is 4.79 Å². The number of aromatic hydroxyl groups is 1. The van der Waals surface area contributed by atoms with E-state index in [9.17, 15) is 14.3 Å². The van der Waals surface area contributed by atoms with Crippen LogP contribution in [0.1, 0.15) is 16.8 Å². The van der Waals surface area contributed by atoms with Crippen molar-refractivity contribution >= 4 is 17.2 Å². The SMILES string of the molecule is Cc1ccc2nc(-c3ccc(F)c(C)c3)c(CC(=O)Nc3cccc(O)c3)n2c1. The van der Waals surface area contributed by atoms with Crippen molar-refractivity contribution < 1.29 is 14.3 Å². The van der Waals surface area contributed by atoms with Crippen molar-refractivity contribution in [3.63, 3.8) is 0 Å². The van der Waals surface area contributed by atoms with Crippen molar-refractivity contribution in [1.82, 2.24) is 9.38 Å². The Labute approximate surface area is 167 Å². The largest absolute Gasteiger partial charge is 0.508 e. The molecule has 0 radical (unpaired) electrons. The minimum atomic E-state index is -0.281. The number of aryl methyl sites for hydroxylation is 2. The Morgan fingerprint density at radius 3 is 2.72 bits per heavy atom. The van der Waals surface area contributed by atoms with Gasteiger partial charge in [0.2, 0.25) is 5.91 Å². The topological polar surface area (TPSA) is 66.6 Å². The third kappa shape index (κ3) is 3.82. The van der Waals surface area contributed by atoms with E-state index in [1.165, 1.54) is 18.2 Å². The van der Waals surface area contributed by atoms with Gasteiger partial charge in [0.15, 0.2) is 0 Å². The second-order valence-corrected chi connectivity index (χ2v) is 7.08. The first-order chi connectivity index (χ1) is 13.9. The molecule has 0 aliphatic rings. The first kappa shape index (κ1) is 18.7. The second-order valence-electron chi connectivity index (χ2n) is 7.08. The highest BCUT2D eigenvalue weighted by molar-refractivity contribution is 5.93. The normalized spacial score (nSPS) is 11.0. The average molecular weight is 389 g/mol. The zero-order valence-electron chi connectivity index (χ0n) is 16.1. The van der Waals surface area contributed by atoms with Crippen LogP contribution >= 0.6 is 0 Å². The molecule has 4 aromatic rings. The van der Waals surface area contributed by atoms with Gasteiger partial charge in [-0.15, -0.1) is 0 Å². The molecule has 0 aliphatic carbocycles. The molecule has 29 heavy (non-hydrogen) atoms. The zero-order chi connectivity index (χ0) is 20.5. The van der Waals surface area contributed by atoms with Crippen molar-refractivity contribution in [3.8, 4) is 17.0 Å². The molecule has 0 fully saturated rings. The Kier molecular flexibility index (Phi) is 4.76. The fourth-order valence-corrected chi connectivity index (χ4v) is 3.33. The summed E-state index contributed by atoms with van der Waals surface area (Å²) in [6, 6.07) is 15.1. The van der Waals surface area contributed by atoms with Crippen LogP contribution < -0.4 is 5.32 Å². The van der Waals surface area contributed by atoms with E-state index in [0.717, 1.165) is 11.1 Å². The maximum Gasteiger partial charge on any atom is 0.230 e. The molecule has 5 nitrogen and oxygen atoms in total. The number of halogens is 1. The summed E-state index contributed by atoms with van der Waals surface area (Å²) in [7, 11) is 0. The number of carbonyl (C=O) groups excluding carboxylic acids is 1. The summed E-state index contributed by atoms with van der Waals surface area (Å²) < 4.78 is 15.6. The lowest BCUT2D eigenvalue weighted by Gasteiger charge is -2.09. The van der Waals surface area contributed by atoms with E-state index in [4.69, 9.17) is 0 Å². The van der Waals surface area contributed by atoms with Crippen molar-refractivity contribution in [2.45, 2.75) is 20.3 Å². The van der Waals surface area contributed by atoms with E-state index in [1.807, 2.05) is 29.7 Å². The molecule has 0 bridgehead atoms. The molecule has 2 N–H and O–H groups in total. The van der Waals surface area contributed by atoms with Crippen molar-refractivity contribution in [3.05, 3.63) is 83.4 Å². The monoisotopic (exact) mass is 389 g/mol. The lowest BCUT2D eigenvalue weighted by Crippen LogP contribution is -2.16. The molecule has 6 heteroatoms. The van der Waals surface area contributed by atoms with Crippen LogP contribution in [0.4, 0.5) is 10.1 Å². The summed E-state index contributed by atoms with van der Waals surface area (Å²) in [6.07, 6.45) is 2.01. The summed E-state index contributed by atoms with van der Waals surface area (Å²) in [4.78, 5) is 17.4. The molecule has 0 saturated heterocycles. The van der Waals surface area contributed by atoms with Crippen LogP contribution in [-0.2, 0) is 11.2 Å². The van der Waals surface area contributed by atoms with E-state index in [1.54, 1.807) is 31.2 Å². The van der Waals surface area contributed by atoms with Gasteiger partial charge in [0.1, 0.15) is 17.2 Å². The van der Waals surface area contributed by atoms with E-state index in [0.29, 0.717) is 28.3 Å². The minimum Gasteiger partial charge on any atom is -0.508 e. The third-order valence-electron chi connectivity index (χ3n) is 4.75. The predicted octanol–water partition coefficient (Wildman–Crippen LogP) is 4.64. The summed E-state index contributed by atoms with van der Waals surface area (Å²) in [5.41, 5.74) is 4.90. The second kappa shape index (κ2) is 7.39. The van der Waals surface area contributed by atoms with Crippen molar-refractivity contribution in [2.75, 3.05) is 5.32 Å². The van der Waals surface area contributed by atoms with Gasteiger partial charge in [-0.05, 0) is 61.4 Å². The smallest absolute Gasteiger partial charge is 0.230 e. The Morgan fingerprint density at radius 2 is 1.97 bits per heavy atom. The summed E-state index contributed by atoms with van der Waals surface area (Å²) in [6.45, 7) is 3.67. The number of phenolic OH excluding ortho intramolecular Hbond substituents is 1. The highest BCUT2D eigenvalue weighted by Crippen LogP contribution is 2.27. The van der Waals surface area contributed by atoms with Crippen LogP contribution in [0, 0.1) is 19.7 Å². The fourth-order valence-electron chi connectivity index (χ4n) is 3.33. The van der Waals surface area contributed by atoms with Gasteiger partial charge in [-0.25, -0.2) is 9.37 Å². The fraction of sp³-hybridized carbons (Fsp3) is 0.130. The highest BCUT2D eigenvalue weighted by atomic mass is 19.1. The first-order valence-electron chi connectivity index (χ1n) is 9.24. The molecule has 146 valence electrons. The van der Waals surface area contributed by atoms with Crippen LogP contribution in [0.5, 0.6) is 5.75 Å². The Balaban J connectivity index is 1.75. The molecule has 1 amide bonds. The minimum absolute atomic E-state index is 0.0754. The summed E-state index contributed by atoms with van der Waals surface area (Å²) in [5, 5.41) is 12.4. The van der Waals surface area contributed by atoms with Crippen molar-refractivity contribution in [2.24, 2.45) is 0 Å². The van der Waals surface area contributed by atoms with Gasteiger partial charge in [-0.1, -0.05) is 12.1 Å². The average Bonchev–Trinajstić information content (AvgIpc) is 3.01. The van der Waals surface area contributed by atoms with Crippen LogP contribution in [0.3, 0.4) is 0 Å². The molecule has 2 aromatic carbocycles. The summed E-state index contributed by atoms with van der Waals surface area (Å²) in [5.74, 6) is -0.439. The van der Waals surface area contributed by atoms with E-state index < -0.39 is 0 Å². The van der Waals surface area contributed by atoms with Gasteiger partial charge in [0.05, 0.1) is 17.8 Å². The van der Waals surface area contributed by atoms with Gasteiger partial charge < -0.3 is 14.8 Å². The maximum absolute atomic E-state index is 13.7. The Morgan fingerprint density at radius 1 is 1.14 bits per heavy atom. The number of anilines is 1. The molecule has 0 saturated carbocycles. The number of imidazole rings is 1. The quantitative estimate of drug-likeness (QED) is 0.534. The standard InChI is InChI=1S/C23H20FN3O2/c1-14-6-9-21-26-23(16-7-8-19(24)15(2)10-16)20(27(21)13-14)12-22(29)25-17-4-3-5-18(28)11-17/h3-11,13,28H,12H2,1-2H3,(H,25,29). The number of pyridine rings is 1. The molecule has 0 unspecified atom stereocenters. The molecule has 0 atom stereocenters. The molecule has 0 spiro atoms. The lowest BCUT2D eigenvalue weighted by molar-refractivity contribution is -0.115. The van der Waals surface area contributed by atoms with E-state index in [-0.39, 0.29) is 23.9 Å². The number of phenols is 1.